The van der Waals surface area contributed by atoms with Gasteiger partial charge in [-0.3, -0.25) is 0 Å². The first kappa shape index (κ1) is 14.2. The van der Waals surface area contributed by atoms with Crippen molar-refractivity contribution in [3.63, 3.8) is 0 Å². The van der Waals surface area contributed by atoms with E-state index in [1.54, 1.807) is 0 Å². The minimum Gasteiger partial charge on any atom is -0.0689 e. The number of hydrogen-bond acceptors (Lipinski definition) is 0. The Morgan fingerprint density at radius 2 is 1.29 bits per heavy atom. The molecule has 14 heavy (non-hydrogen) atoms. The molecule has 0 aromatic rings. The molecule has 0 atom stereocenters. The quantitative estimate of drug-likeness (QED) is 0.543. The Hall–Kier alpha value is 0.217. The molecule has 0 aliphatic heterocycles. The Kier molecular flexibility index (Phi) is 4.45. The van der Waals surface area contributed by atoms with E-state index in [1.807, 2.05) is 0 Å². The van der Waals surface area contributed by atoms with E-state index in [-0.39, 0.29) is 0 Å². The van der Waals surface area contributed by atoms with Crippen LogP contribution >= 0.6 is 0 Å². The zero-order valence-electron chi connectivity index (χ0n) is 11.6. The summed E-state index contributed by atoms with van der Waals surface area (Å²) >= 11 is 0. The van der Waals surface area contributed by atoms with E-state index in [2.05, 4.69) is 54.6 Å². The maximum Gasteiger partial charge on any atom is 0.0535 e. The third kappa shape index (κ3) is 3.41. The van der Waals surface area contributed by atoms with Gasteiger partial charge in [0, 0.05) is 0 Å². The molecule has 0 aliphatic carbocycles. The second-order valence-electron chi connectivity index (χ2n) is 6.82. The Morgan fingerprint density at radius 1 is 0.857 bits per heavy atom. The van der Waals surface area contributed by atoms with E-state index in [1.165, 1.54) is 18.9 Å². The topological polar surface area (TPSA) is 0 Å². The maximum absolute atomic E-state index is 2.56. The average Bonchev–Trinajstić information content (AvgIpc) is 2.02. The van der Waals surface area contributed by atoms with Gasteiger partial charge < -0.3 is 0 Å². The minimum absolute atomic E-state index is 0.544. The highest BCUT2D eigenvalue weighted by molar-refractivity contribution is 6.80. The van der Waals surface area contributed by atoms with E-state index < -0.39 is 8.07 Å². The van der Waals surface area contributed by atoms with Crippen molar-refractivity contribution in [3.05, 3.63) is 0 Å². The number of rotatable bonds is 5. The molecule has 0 unspecified atom stereocenters. The zero-order chi connectivity index (χ0) is 11.6. The first-order valence-corrected chi connectivity index (χ1v) is 9.29. The largest absolute Gasteiger partial charge is 0.0689 e. The fourth-order valence-corrected chi connectivity index (χ4v) is 6.12. The first-order valence-electron chi connectivity index (χ1n) is 6.08. The Morgan fingerprint density at radius 3 is 1.57 bits per heavy atom. The average molecular weight is 214 g/mol. The number of hydrogen-bond donors (Lipinski definition) is 0. The first-order chi connectivity index (χ1) is 6.08. The summed E-state index contributed by atoms with van der Waals surface area (Å²) < 4.78 is 0. The molecule has 0 bridgehead atoms. The lowest BCUT2D eigenvalue weighted by molar-refractivity contribution is 0.384. The monoisotopic (exact) mass is 214 g/mol. The minimum atomic E-state index is -1.09. The SMILES string of the molecule is CCC(C)(C)C[Si](C)(C)C(C)(C)CC. The van der Waals surface area contributed by atoms with Crippen LogP contribution in [0.3, 0.4) is 0 Å². The van der Waals surface area contributed by atoms with Crippen molar-refractivity contribution in [1.29, 1.82) is 0 Å². The second kappa shape index (κ2) is 4.38. The van der Waals surface area contributed by atoms with Crippen molar-refractivity contribution in [2.75, 3.05) is 0 Å². The van der Waals surface area contributed by atoms with E-state index in [9.17, 15) is 0 Å². The Bertz CT molecular complexity index is 178. The molecule has 0 fully saturated rings. The molecule has 0 aliphatic rings. The summed E-state index contributed by atoms with van der Waals surface area (Å²) in [6, 6.07) is 1.46. The molecule has 0 nitrogen and oxygen atoms in total. The van der Waals surface area contributed by atoms with Crippen molar-refractivity contribution in [3.8, 4) is 0 Å². The van der Waals surface area contributed by atoms with E-state index >= 15 is 0 Å². The standard InChI is InChI=1S/C13H30Si/c1-9-12(3,4)11-14(7,8)13(5,6)10-2/h9-11H2,1-8H3. The molecule has 0 N–H and O–H groups in total. The summed E-state index contributed by atoms with van der Waals surface area (Å²) in [6.07, 6.45) is 2.63. The summed E-state index contributed by atoms with van der Waals surface area (Å²) in [4.78, 5) is 0. The summed E-state index contributed by atoms with van der Waals surface area (Å²) in [7, 11) is -1.09. The second-order valence-corrected chi connectivity index (χ2v) is 12.3. The van der Waals surface area contributed by atoms with Gasteiger partial charge in [-0.2, -0.15) is 0 Å². The fourth-order valence-electron chi connectivity index (χ4n) is 2.04. The highest BCUT2D eigenvalue weighted by Crippen LogP contribution is 2.47. The van der Waals surface area contributed by atoms with Crippen LogP contribution in [-0.2, 0) is 0 Å². The Balaban J connectivity index is 4.64. The van der Waals surface area contributed by atoms with Gasteiger partial charge in [-0.05, 0) is 10.5 Å². The highest BCUT2D eigenvalue weighted by atomic mass is 28.3. The molecule has 1 heteroatoms. The molecular weight excluding hydrogens is 184 g/mol. The molecule has 0 rings (SSSR count). The third-order valence-electron chi connectivity index (χ3n) is 4.59. The fraction of sp³-hybridized carbons (Fsp3) is 1.00. The molecule has 0 aromatic heterocycles. The summed E-state index contributed by atoms with van der Waals surface area (Å²) in [5, 5.41) is 0.583. The van der Waals surface area contributed by atoms with E-state index in [0.29, 0.717) is 10.5 Å². The predicted octanol–water partition coefficient (Wildman–Crippen LogP) is 5.32. The van der Waals surface area contributed by atoms with E-state index in [4.69, 9.17) is 0 Å². The lowest BCUT2D eigenvalue weighted by Gasteiger charge is -2.44. The van der Waals surface area contributed by atoms with Gasteiger partial charge in [0.05, 0.1) is 8.07 Å². The van der Waals surface area contributed by atoms with Crippen molar-refractivity contribution in [2.24, 2.45) is 5.41 Å². The van der Waals surface area contributed by atoms with Crippen LogP contribution in [0.15, 0.2) is 0 Å². The molecule has 86 valence electrons. The third-order valence-corrected chi connectivity index (χ3v) is 10.5. The van der Waals surface area contributed by atoms with Crippen molar-refractivity contribution < 1.29 is 0 Å². The summed E-state index contributed by atoms with van der Waals surface area (Å²) in [5.74, 6) is 0. The molecule has 0 saturated heterocycles. The molecule has 0 saturated carbocycles. The van der Waals surface area contributed by atoms with Gasteiger partial charge in [0.1, 0.15) is 0 Å². The smallest absolute Gasteiger partial charge is 0.0535 e. The van der Waals surface area contributed by atoms with Crippen LogP contribution in [0.2, 0.25) is 24.2 Å². The Labute approximate surface area is 92.5 Å². The van der Waals surface area contributed by atoms with E-state index in [0.717, 1.165) is 0 Å². The van der Waals surface area contributed by atoms with Crippen molar-refractivity contribution in [2.45, 2.75) is 78.6 Å². The molecule has 0 radical (unpaired) electrons. The van der Waals surface area contributed by atoms with Crippen LogP contribution in [0.5, 0.6) is 0 Å². The molecule has 0 spiro atoms. The lowest BCUT2D eigenvalue weighted by Crippen LogP contribution is -2.42. The van der Waals surface area contributed by atoms with Gasteiger partial charge in [0.2, 0.25) is 0 Å². The van der Waals surface area contributed by atoms with Gasteiger partial charge in [0.15, 0.2) is 0 Å². The van der Waals surface area contributed by atoms with Crippen LogP contribution in [0.1, 0.15) is 54.4 Å². The summed E-state index contributed by atoms with van der Waals surface area (Å²) in [5.41, 5.74) is 0.544. The van der Waals surface area contributed by atoms with Gasteiger partial charge in [-0.15, -0.1) is 0 Å². The molecular formula is C13H30Si. The maximum atomic E-state index is 2.56. The van der Waals surface area contributed by atoms with Crippen molar-refractivity contribution >= 4 is 8.07 Å². The van der Waals surface area contributed by atoms with Gasteiger partial charge in [0.25, 0.3) is 0 Å². The van der Waals surface area contributed by atoms with Crippen LogP contribution in [0.25, 0.3) is 0 Å². The molecule has 0 aromatic carbocycles. The summed E-state index contributed by atoms with van der Waals surface area (Å²) in [6.45, 7) is 19.6. The van der Waals surface area contributed by atoms with Crippen molar-refractivity contribution in [1.82, 2.24) is 0 Å². The zero-order valence-corrected chi connectivity index (χ0v) is 12.6. The van der Waals surface area contributed by atoms with Gasteiger partial charge in [-0.25, -0.2) is 0 Å². The van der Waals surface area contributed by atoms with Gasteiger partial charge >= 0.3 is 0 Å². The van der Waals surface area contributed by atoms with Gasteiger partial charge in [-0.1, -0.05) is 73.5 Å². The predicted molar refractivity (Wildman–Crippen MR) is 70.7 cm³/mol. The highest BCUT2D eigenvalue weighted by Gasteiger charge is 2.40. The van der Waals surface area contributed by atoms with Crippen LogP contribution in [0.4, 0.5) is 0 Å². The van der Waals surface area contributed by atoms with Crippen LogP contribution in [0, 0.1) is 5.41 Å². The lowest BCUT2D eigenvalue weighted by atomic mass is 9.93. The van der Waals surface area contributed by atoms with Crippen LogP contribution in [-0.4, -0.2) is 8.07 Å². The molecule has 0 amide bonds. The normalized spacial score (nSPS) is 14.6. The van der Waals surface area contributed by atoms with Crippen LogP contribution < -0.4 is 0 Å². The molecule has 0 heterocycles.